The Bertz CT molecular complexity index is 1250. The first-order valence-electron chi connectivity index (χ1n) is 13.6. The first-order chi connectivity index (χ1) is 18.2. The second-order valence-corrected chi connectivity index (χ2v) is 12.7. The molecule has 3 N–H and O–H groups in total. The van der Waals surface area contributed by atoms with E-state index in [1.54, 1.807) is 11.3 Å². The van der Waals surface area contributed by atoms with Crippen LogP contribution < -0.4 is 5.32 Å². The quantitative estimate of drug-likeness (QED) is 0.370. The van der Waals surface area contributed by atoms with Crippen molar-refractivity contribution in [3.8, 4) is 0 Å². The van der Waals surface area contributed by atoms with E-state index in [1.807, 2.05) is 67.4 Å². The van der Waals surface area contributed by atoms with Crippen molar-refractivity contribution in [2.75, 3.05) is 19.0 Å². The minimum absolute atomic E-state index is 0.0518. The van der Waals surface area contributed by atoms with Gasteiger partial charge in [0.15, 0.2) is 5.13 Å². The zero-order valence-electron chi connectivity index (χ0n) is 22.6. The monoisotopic (exact) mass is 533 g/mol. The minimum atomic E-state index is -0.621. The normalized spacial score (nSPS) is 28.3. The van der Waals surface area contributed by atoms with Crippen molar-refractivity contribution in [2.45, 2.75) is 64.6 Å². The highest BCUT2D eigenvalue weighted by Crippen LogP contribution is 2.62. The average Bonchev–Trinajstić information content (AvgIpc) is 3.34. The number of nitrogens with one attached hydrogen (secondary N) is 1. The fraction of sp³-hybridized carbons (Fsp3) is 0.484. The molecule has 38 heavy (non-hydrogen) atoms. The number of benzene rings is 2. The van der Waals surface area contributed by atoms with E-state index in [0.29, 0.717) is 25.9 Å². The molecule has 202 valence electrons. The molecule has 0 bridgehead atoms. The molecular weight excluding hydrogens is 494 g/mol. The topological polar surface area (TPSA) is 85.7 Å². The Hall–Kier alpha value is -2.74. The van der Waals surface area contributed by atoms with Crippen molar-refractivity contribution in [2.24, 2.45) is 16.7 Å². The van der Waals surface area contributed by atoms with Crippen LogP contribution in [0, 0.1) is 16.7 Å². The lowest BCUT2D eigenvalue weighted by molar-refractivity contribution is -0.147. The van der Waals surface area contributed by atoms with Crippen molar-refractivity contribution in [3.63, 3.8) is 0 Å². The molecule has 2 aliphatic carbocycles. The molecule has 1 saturated carbocycles. The highest BCUT2D eigenvalue weighted by atomic mass is 32.1. The van der Waals surface area contributed by atoms with Gasteiger partial charge in [0.05, 0.1) is 18.4 Å². The molecule has 6 nitrogen and oxygen atoms in total. The summed E-state index contributed by atoms with van der Waals surface area (Å²) in [5.74, 6) is 0.0649. The zero-order valence-corrected chi connectivity index (χ0v) is 23.4. The Balaban J connectivity index is 1.45. The molecule has 0 aliphatic heterocycles. The van der Waals surface area contributed by atoms with Gasteiger partial charge in [0.25, 0.3) is 0 Å². The lowest BCUT2D eigenvalue weighted by Gasteiger charge is -2.58. The van der Waals surface area contributed by atoms with E-state index in [9.17, 15) is 15.0 Å². The van der Waals surface area contributed by atoms with Crippen molar-refractivity contribution in [1.29, 1.82) is 0 Å². The van der Waals surface area contributed by atoms with Gasteiger partial charge < -0.3 is 20.4 Å². The van der Waals surface area contributed by atoms with E-state index in [4.69, 9.17) is 4.98 Å². The second kappa shape index (κ2) is 10.8. The van der Waals surface area contributed by atoms with E-state index in [0.717, 1.165) is 29.2 Å². The molecule has 0 radical (unpaired) electrons. The summed E-state index contributed by atoms with van der Waals surface area (Å²) in [5, 5.41) is 25.9. The molecule has 0 saturated heterocycles. The molecule has 1 amide bonds. The zero-order chi connectivity index (χ0) is 26.9. The van der Waals surface area contributed by atoms with Crippen LogP contribution in [-0.2, 0) is 24.3 Å². The van der Waals surface area contributed by atoms with Crippen LogP contribution in [0.5, 0.6) is 0 Å². The van der Waals surface area contributed by atoms with Crippen LogP contribution in [0.15, 0.2) is 60.7 Å². The number of thiazole rings is 1. The Morgan fingerprint density at radius 3 is 2.42 bits per heavy atom. The van der Waals surface area contributed by atoms with E-state index in [2.05, 4.69) is 24.4 Å². The number of nitrogens with zero attached hydrogens (tertiary/aromatic N) is 2. The summed E-state index contributed by atoms with van der Waals surface area (Å²) in [4.78, 5) is 21.7. The van der Waals surface area contributed by atoms with Crippen LogP contribution in [0.3, 0.4) is 0 Å². The fourth-order valence-electron chi connectivity index (χ4n) is 6.77. The van der Waals surface area contributed by atoms with Gasteiger partial charge in [0.2, 0.25) is 5.91 Å². The number of carbonyl (C=O) groups is 1. The number of aliphatic hydroxyl groups is 2. The number of rotatable bonds is 8. The van der Waals surface area contributed by atoms with Gasteiger partial charge in [0.1, 0.15) is 0 Å². The molecule has 5 atom stereocenters. The third-order valence-corrected chi connectivity index (χ3v) is 10.3. The number of amides is 1. The predicted molar refractivity (Wildman–Crippen MR) is 152 cm³/mol. The molecule has 2 aromatic carbocycles. The molecule has 3 aromatic rings. The third-order valence-electron chi connectivity index (χ3n) is 9.25. The van der Waals surface area contributed by atoms with E-state index in [1.165, 1.54) is 10.4 Å². The molecule has 7 heteroatoms. The predicted octanol–water partition coefficient (Wildman–Crippen LogP) is 5.22. The number of fused-ring (bicyclic) bond motifs is 2. The second-order valence-electron chi connectivity index (χ2n) is 11.6. The first-order valence-corrected chi connectivity index (χ1v) is 14.4. The highest BCUT2D eigenvalue weighted by Gasteiger charge is 2.59. The number of anilines is 1. The van der Waals surface area contributed by atoms with Crippen molar-refractivity contribution in [3.05, 3.63) is 82.4 Å². The molecular formula is C31H39N3O3S. The van der Waals surface area contributed by atoms with Gasteiger partial charge in [-0.2, -0.15) is 0 Å². The van der Waals surface area contributed by atoms with Gasteiger partial charge >= 0.3 is 0 Å². The highest BCUT2D eigenvalue weighted by molar-refractivity contribution is 7.15. The van der Waals surface area contributed by atoms with E-state index >= 15 is 0 Å². The van der Waals surface area contributed by atoms with Gasteiger partial charge in [-0.05, 0) is 41.7 Å². The fourth-order valence-corrected chi connectivity index (χ4v) is 7.83. The molecule has 5 rings (SSSR count). The maximum absolute atomic E-state index is 13.6. The molecule has 5 unspecified atom stereocenters. The Morgan fingerprint density at radius 1 is 1.11 bits per heavy atom. The lowest BCUT2D eigenvalue weighted by atomic mass is 9.47. The standard InChI is InChI=1S/C31H39N3O3S/c1-30-15-14-26(36)31(2,20-35)25(30)17-24-28(33-29(38-24)32-18-21-10-6-4-7-11-21)23(30)16-27(37)34(3)19-22-12-8-5-9-13-22/h4-13,23,25-26,35-36H,14-20H2,1-3H3,(H,32,33). The van der Waals surface area contributed by atoms with Crippen LogP contribution in [0.25, 0.3) is 0 Å². The average molecular weight is 534 g/mol. The summed E-state index contributed by atoms with van der Waals surface area (Å²) >= 11 is 1.65. The summed E-state index contributed by atoms with van der Waals surface area (Å²) in [6, 6.07) is 20.3. The molecule has 1 heterocycles. The summed E-state index contributed by atoms with van der Waals surface area (Å²) in [5.41, 5.74) is 2.43. The largest absolute Gasteiger partial charge is 0.396 e. The Morgan fingerprint density at radius 2 is 1.76 bits per heavy atom. The van der Waals surface area contributed by atoms with Crippen LogP contribution in [0.1, 0.15) is 60.7 Å². The van der Waals surface area contributed by atoms with Crippen LogP contribution in [-0.4, -0.2) is 45.8 Å². The first kappa shape index (κ1) is 26.9. The summed E-state index contributed by atoms with van der Waals surface area (Å²) in [7, 11) is 1.87. The van der Waals surface area contributed by atoms with Gasteiger partial charge in [-0.25, -0.2) is 4.98 Å². The van der Waals surface area contributed by atoms with Crippen molar-refractivity contribution >= 4 is 22.4 Å². The van der Waals surface area contributed by atoms with Crippen molar-refractivity contribution in [1.82, 2.24) is 9.88 Å². The molecule has 1 aromatic heterocycles. The molecule has 1 fully saturated rings. The number of carbonyl (C=O) groups excluding carboxylic acids is 1. The number of aromatic nitrogens is 1. The molecule has 2 aliphatic rings. The Labute approximate surface area is 229 Å². The number of aliphatic hydroxyl groups excluding tert-OH is 2. The van der Waals surface area contributed by atoms with Crippen LogP contribution in [0.4, 0.5) is 5.13 Å². The lowest BCUT2D eigenvalue weighted by Crippen LogP contribution is -2.57. The van der Waals surface area contributed by atoms with Crippen LogP contribution >= 0.6 is 11.3 Å². The smallest absolute Gasteiger partial charge is 0.223 e. The number of hydrogen-bond donors (Lipinski definition) is 3. The van der Waals surface area contributed by atoms with Crippen molar-refractivity contribution < 1.29 is 15.0 Å². The molecule has 0 spiro atoms. The van der Waals surface area contributed by atoms with Gasteiger partial charge in [-0.15, -0.1) is 11.3 Å². The van der Waals surface area contributed by atoms with E-state index in [-0.39, 0.29) is 29.8 Å². The van der Waals surface area contributed by atoms with Gasteiger partial charge in [-0.3, -0.25) is 4.79 Å². The third kappa shape index (κ3) is 4.99. The van der Waals surface area contributed by atoms with Crippen LogP contribution in [0.2, 0.25) is 0 Å². The van der Waals surface area contributed by atoms with E-state index < -0.39 is 11.5 Å². The minimum Gasteiger partial charge on any atom is -0.396 e. The summed E-state index contributed by atoms with van der Waals surface area (Å²) < 4.78 is 0. The summed E-state index contributed by atoms with van der Waals surface area (Å²) in [6.45, 7) is 5.45. The SMILES string of the molecule is CN(Cc1ccccc1)C(=O)CC1c2nc(NCc3ccccc3)sc2CC2C(C)(CO)C(O)CCC12C. The van der Waals surface area contributed by atoms with Gasteiger partial charge in [-0.1, -0.05) is 74.5 Å². The maximum Gasteiger partial charge on any atom is 0.223 e. The Kier molecular flexibility index (Phi) is 7.63. The van der Waals surface area contributed by atoms with Gasteiger partial charge in [0, 0.05) is 42.8 Å². The maximum atomic E-state index is 13.6. The number of hydrogen-bond acceptors (Lipinski definition) is 6. The summed E-state index contributed by atoms with van der Waals surface area (Å²) in [6.07, 6.45) is 1.98.